The number of nitrogens with zero attached hydrogens (tertiary/aromatic N) is 1. The van der Waals surface area contributed by atoms with Gasteiger partial charge in [0.2, 0.25) is 0 Å². The lowest BCUT2D eigenvalue weighted by atomic mass is 9.95. The number of carbonyl (C=O) groups excluding carboxylic acids is 2. The van der Waals surface area contributed by atoms with Crippen LogP contribution in [0.15, 0.2) is 64.9 Å². The Morgan fingerprint density at radius 2 is 1.87 bits per heavy atom. The van der Waals surface area contributed by atoms with Crippen LogP contribution in [0.1, 0.15) is 36.6 Å². The first-order chi connectivity index (χ1) is 22.5. The number of allylic oxidation sites excluding steroid dienone is 1. The minimum absolute atomic E-state index is 0.155. The molecule has 0 aliphatic carbocycles. The number of aliphatic hydroxyl groups is 1. The van der Waals surface area contributed by atoms with Gasteiger partial charge in [-0.3, -0.25) is 5.43 Å². The first-order valence-electron chi connectivity index (χ1n) is 14.2. The molecule has 47 heavy (non-hydrogen) atoms. The molecule has 0 radical (unpaired) electrons. The summed E-state index contributed by atoms with van der Waals surface area (Å²) in [5, 5.41) is 21.1. The molecule has 12 nitrogen and oxygen atoms in total. The summed E-state index contributed by atoms with van der Waals surface area (Å²) in [5.74, 6) is 1.03. The van der Waals surface area contributed by atoms with Crippen molar-refractivity contribution in [2.75, 3.05) is 27.4 Å². The molecule has 250 valence electrons. The van der Waals surface area contributed by atoms with Gasteiger partial charge >= 0.3 is 12.0 Å². The molecule has 4 N–H and O–H groups in total. The minimum atomic E-state index is -1.21. The van der Waals surface area contributed by atoms with E-state index in [9.17, 15) is 14.7 Å². The number of halogens is 3. The van der Waals surface area contributed by atoms with Crippen molar-refractivity contribution in [3.8, 4) is 23.0 Å². The van der Waals surface area contributed by atoms with Gasteiger partial charge in [0.1, 0.15) is 13.2 Å². The number of esters is 1. The quantitative estimate of drug-likeness (QED) is 0.0530. The van der Waals surface area contributed by atoms with Crippen molar-refractivity contribution < 1.29 is 38.4 Å². The highest BCUT2D eigenvalue weighted by Gasteiger charge is 2.32. The molecule has 3 aromatic rings. The van der Waals surface area contributed by atoms with Crippen LogP contribution < -0.4 is 35.0 Å². The molecule has 3 aromatic carbocycles. The molecule has 0 unspecified atom stereocenters. The summed E-state index contributed by atoms with van der Waals surface area (Å²) >= 11 is 14.5. The van der Waals surface area contributed by atoms with Crippen molar-refractivity contribution >= 4 is 64.0 Å². The fourth-order valence-electron chi connectivity index (χ4n) is 4.59. The number of amides is 2. The summed E-state index contributed by atoms with van der Waals surface area (Å²) in [4.78, 5) is 24.7. The van der Waals surface area contributed by atoms with Crippen LogP contribution in [0.25, 0.3) is 0 Å². The van der Waals surface area contributed by atoms with Crippen molar-refractivity contribution in [3.05, 3.63) is 90.1 Å². The highest BCUT2D eigenvalue weighted by atomic mass is 127. The summed E-state index contributed by atoms with van der Waals surface area (Å²) in [6.07, 6.45) is 0.289. The van der Waals surface area contributed by atoms with E-state index in [0.29, 0.717) is 56.5 Å². The first kappa shape index (κ1) is 35.9. The average molecular weight is 799 g/mol. The van der Waals surface area contributed by atoms with Gasteiger partial charge in [-0.1, -0.05) is 35.3 Å². The number of methoxy groups -OCH3 is 2. The normalized spacial score (nSPS) is 15.1. The third-order valence-corrected chi connectivity index (χ3v) is 7.96. The number of benzene rings is 3. The highest BCUT2D eigenvalue weighted by Crippen LogP contribution is 2.36. The van der Waals surface area contributed by atoms with Crippen LogP contribution >= 0.6 is 45.8 Å². The lowest BCUT2D eigenvalue weighted by Crippen LogP contribution is -2.45. The molecule has 4 rings (SSSR count). The summed E-state index contributed by atoms with van der Waals surface area (Å²) in [6, 6.07) is 12.6. The Bertz CT molecular complexity index is 1690. The number of rotatable bonds is 14. The predicted molar refractivity (Wildman–Crippen MR) is 185 cm³/mol. The molecule has 0 aromatic heterocycles. The van der Waals surface area contributed by atoms with E-state index in [0.717, 1.165) is 9.13 Å². The Morgan fingerprint density at radius 3 is 2.57 bits per heavy atom. The van der Waals surface area contributed by atoms with Gasteiger partial charge in [-0.25, -0.2) is 9.59 Å². The standard InChI is InChI=1S/C32H33Cl2IN4O8/c1-5-45-25-11-18(29-28(31(41)44-4)17(2)37-32(42)38-29)7-9-24(25)46-16-27(40)39-36-14-20-10-22(35)13-26(43-3)30(20)47-15-19-6-8-21(33)12-23(19)34/h6-14,27,29,39-40H,5,15-16H2,1-4H3,(H2,37,38,42)/b36-14+/t27-,29+/m0/s1. The van der Waals surface area contributed by atoms with Crippen molar-refractivity contribution in [2.45, 2.75) is 32.7 Å². The molecular formula is C32H33Cl2IN4O8. The number of urea groups is 1. The SMILES string of the molecule is CCOc1cc([C@H]2NC(=O)NC(C)=C2C(=O)OC)ccc1OC[C@H](O)N/N=C/c1cc(I)cc(OC)c1OCc1ccc(Cl)cc1Cl. The van der Waals surface area contributed by atoms with E-state index in [1.165, 1.54) is 20.4 Å². The molecule has 0 fully saturated rings. The van der Waals surface area contributed by atoms with Gasteiger partial charge in [-0.05, 0) is 78.4 Å². The second kappa shape index (κ2) is 16.8. The minimum Gasteiger partial charge on any atom is -0.493 e. The Hall–Kier alpha value is -3.92. The van der Waals surface area contributed by atoms with Gasteiger partial charge in [-0.2, -0.15) is 5.10 Å². The molecular weight excluding hydrogens is 766 g/mol. The van der Waals surface area contributed by atoms with E-state index in [4.69, 9.17) is 46.9 Å². The number of ether oxygens (including phenoxy) is 5. The predicted octanol–water partition coefficient (Wildman–Crippen LogP) is 5.71. The second-order valence-electron chi connectivity index (χ2n) is 9.97. The van der Waals surface area contributed by atoms with E-state index in [2.05, 4.69) is 43.8 Å². The van der Waals surface area contributed by atoms with Crippen LogP contribution in [0.5, 0.6) is 23.0 Å². The molecule has 2 amide bonds. The van der Waals surface area contributed by atoms with Crippen LogP contribution in [0.4, 0.5) is 4.79 Å². The topological polar surface area (TPSA) is 149 Å². The van der Waals surface area contributed by atoms with Gasteiger partial charge < -0.3 is 39.4 Å². The summed E-state index contributed by atoms with van der Waals surface area (Å²) in [5.41, 5.74) is 5.18. The van der Waals surface area contributed by atoms with Crippen LogP contribution in [0, 0.1) is 3.57 Å². The zero-order chi connectivity index (χ0) is 34.1. The van der Waals surface area contributed by atoms with E-state index in [1.807, 2.05) is 12.1 Å². The summed E-state index contributed by atoms with van der Waals surface area (Å²) < 4.78 is 29.0. The highest BCUT2D eigenvalue weighted by molar-refractivity contribution is 14.1. The number of hydrogen-bond donors (Lipinski definition) is 4. The zero-order valence-corrected chi connectivity index (χ0v) is 29.5. The van der Waals surface area contributed by atoms with Gasteiger partial charge in [0, 0.05) is 30.4 Å². The smallest absolute Gasteiger partial charge is 0.337 e. The van der Waals surface area contributed by atoms with Gasteiger partial charge in [0.05, 0.1) is 38.7 Å². The Morgan fingerprint density at radius 1 is 1.09 bits per heavy atom. The Labute approximate surface area is 295 Å². The van der Waals surface area contributed by atoms with Gasteiger partial charge in [-0.15, -0.1) is 0 Å². The number of hydrazone groups is 1. The van der Waals surface area contributed by atoms with Gasteiger partial charge in [0.15, 0.2) is 29.2 Å². The number of nitrogens with one attached hydrogen (secondary N) is 3. The molecule has 0 saturated carbocycles. The van der Waals surface area contributed by atoms with Gasteiger partial charge in [0.25, 0.3) is 0 Å². The fraction of sp³-hybridized carbons (Fsp3) is 0.281. The number of aliphatic hydroxyl groups excluding tert-OH is 1. The maximum Gasteiger partial charge on any atom is 0.337 e. The number of hydrogen-bond acceptors (Lipinski definition) is 10. The van der Waals surface area contributed by atoms with E-state index in [1.54, 1.807) is 50.2 Å². The van der Waals surface area contributed by atoms with Crippen LogP contribution in [-0.2, 0) is 16.1 Å². The maximum atomic E-state index is 12.5. The van der Waals surface area contributed by atoms with E-state index >= 15 is 0 Å². The summed E-state index contributed by atoms with van der Waals surface area (Å²) in [7, 11) is 2.81. The van der Waals surface area contributed by atoms with E-state index < -0.39 is 24.3 Å². The largest absolute Gasteiger partial charge is 0.493 e. The molecule has 1 heterocycles. The third kappa shape index (κ3) is 9.34. The lowest BCUT2D eigenvalue weighted by molar-refractivity contribution is -0.136. The first-order valence-corrected chi connectivity index (χ1v) is 16.0. The van der Waals surface area contributed by atoms with Crippen molar-refractivity contribution in [3.63, 3.8) is 0 Å². The van der Waals surface area contributed by atoms with Crippen LogP contribution in [0.2, 0.25) is 10.0 Å². The Balaban J connectivity index is 1.45. The van der Waals surface area contributed by atoms with E-state index in [-0.39, 0.29) is 18.8 Å². The third-order valence-electron chi connectivity index (χ3n) is 6.75. The molecule has 15 heteroatoms. The molecule has 1 aliphatic rings. The molecule has 2 atom stereocenters. The molecule has 0 bridgehead atoms. The maximum absolute atomic E-state index is 12.5. The monoisotopic (exact) mass is 798 g/mol. The lowest BCUT2D eigenvalue weighted by Gasteiger charge is -2.28. The zero-order valence-electron chi connectivity index (χ0n) is 25.9. The average Bonchev–Trinajstić information content (AvgIpc) is 3.03. The van der Waals surface area contributed by atoms with Crippen molar-refractivity contribution in [1.82, 2.24) is 16.1 Å². The summed E-state index contributed by atoms with van der Waals surface area (Å²) in [6.45, 7) is 3.70. The molecule has 0 spiro atoms. The van der Waals surface area contributed by atoms with Crippen molar-refractivity contribution in [2.24, 2.45) is 5.10 Å². The molecule has 1 aliphatic heterocycles. The fourth-order valence-corrected chi connectivity index (χ4v) is 5.68. The van der Waals surface area contributed by atoms with Crippen LogP contribution in [0.3, 0.4) is 0 Å². The van der Waals surface area contributed by atoms with Crippen molar-refractivity contribution in [1.29, 1.82) is 0 Å². The number of carbonyl (C=O) groups is 2. The molecule has 0 saturated heterocycles. The second-order valence-corrected chi connectivity index (χ2v) is 12.1. The Kier molecular flexibility index (Phi) is 12.8. The van der Waals surface area contributed by atoms with Crippen LogP contribution in [-0.4, -0.2) is 57.0 Å².